The molecule has 0 atom stereocenters. The largest absolute Gasteiger partial charge is 0.495 e. The summed E-state index contributed by atoms with van der Waals surface area (Å²) in [5.74, 6) is -1.20. The van der Waals surface area contributed by atoms with Crippen LogP contribution in [0.25, 0.3) is 5.69 Å². The van der Waals surface area contributed by atoms with Crippen LogP contribution in [0.1, 0.15) is 27.3 Å². The summed E-state index contributed by atoms with van der Waals surface area (Å²) in [6.45, 7) is 4.74. The van der Waals surface area contributed by atoms with Crippen molar-refractivity contribution < 1.29 is 23.9 Å². The lowest BCUT2D eigenvalue weighted by atomic mass is 10.2. The summed E-state index contributed by atoms with van der Waals surface area (Å²) in [4.78, 5) is 36.4. The van der Waals surface area contributed by atoms with Crippen LogP contribution in [0.5, 0.6) is 5.75 Å². The predicted octanol–water partition coefficient (Wildman–Crippen LogP) is 3.37. The summed E-state index contributed by atoms with van der Waals surface area (Å²) in [6.07, 6.45) is 0. The van der Waals surface area contributed by atoms with Gasteiger partial charge in [-0.25, -0.2) is 9.48 Å². The zero-order valence-electron chi connectivity index (χ0n) is 19.3. The highest BCUT2D eigenvalue weighted by Crippen LogP contribution is 2.25. The van der Waals surface area contributed by atoms with Gasteiger partial charge in [0.1, 0.15) is 5.75 Å². The van der Waals surface area contributed by atoms with Crippen LogP contribution in [0.3, 0.4) is 0 Å². The van der Waals surface area contributed by atoms with Crippen LogP contribution in [-0.4, -0.2) is 47.8 Å². The third-order valence-corrected chi connectivity index (χ3v) is 5.51. The molecule has 0 spiro atoms. The molecule has 0 aliphatic carbocycles. The number of anilines is 1. The standard InChI is InChI=1S/C24H25ClN4O5/c1-14-5-10-20(33-4)19(11-14)27-21(30)12-26-22(31)13-34-24(32)17-6-8-18(9-7-17)29-16(3)23(25)15(2)28-29/h5-11H,12-13H2,1-4H3,(H,26,31)(H,27,30). The van der Waals surface area contributed by atoms with E-state index in [0.717, 1.165) is 16.9 Å². The number of esters is 1. The van der Waals surface area contributed by atoms with Gasteiger partial charge in [-0.2, -0.15) is 5.10 Å². The average Bonchev–Trinajstić information content (AvgIpc) is 3.08. The molecule has 0 bridgehead atoms. The normalized spacial score (nSPS) is 10.5. The first-order chi connectivity index (χ1) is 16.2. The van der Waals surface area contributed by atoms with E-state index in [9.17, 15) is 14.4 Å². The molecular weight excluding hydrogens is 460 g/mol. The highest BCUT2D eigenvalue weighted by molar-refractivity contribution is 6.31. The van der Waals surface area contributed by atoms with Crippen molar-refractivity contribution in [3.8, 4) is 11.4 Å². The third-order valence-electron chi connectivity index (χ3n) is 4.96. The number of nitrogens with zero attached hydrogens (tertiary/aromatic N) is 2. The van der Waals surface area contributed by atoms with Crippen molar-refractivity contribution in [2.75, 3.05) is 25.6 Å². The van der Waals surface area contributed by atoms with Gasteiger partial charge in [-0.05, 0) is 62.7 Å². The van der Waals surface area contributed by atoms with Crippen LogP contribution in [0.2, 0.25) is 5.02 Å². The molecular formula is C24H25ClN4O5. The van der Waals surface area contributed by atoms with Crippen molar-refractivity contribution in [2.45, 2.75) is 20.8 Å². The van der Waals surface area contributed by atoms with Gasteiger partial charge in [0.15, 0.2) is 6.61 Å². The number of methoxy groups -OCH3 is 1. The first-order valence-corrected chi connectivity index (χ1v) is 10.8. The van der Waals surface area contributed by atoms with E-state index >= 15 is 0 Å². The molecule has 0 saturated carbocycles. The number of benzene rings is 2. The van der Waals surface area contributed by atoms with Gasteiger partial charge in [0.25, 0.3) is 5.91 Å². The summed E-state index contributed by atoms with van der Waals surface area (Å²) in [5.41, 5.74) is 3.95. The van der Waals surface area contributed by atoms with E-state index < -0.39 is 24.4 Å². The molecule has 1 heterocycles. The molecule has 0 saturated heterocycles. The Bertz CT molecular complexity index is 1220. The maximum absolute atomic E-state index is 12.3. The minimum atomic E-state index is -0.665. The molecule has 0 radical (unpaired) electrons. The minimum absolute atomic E-state index is 0.272. The highest BCUT2D eigenvalue weighted by Gasteiger charge is 2.14. The Kier molecular flexibility index (Phi) is 7.91. The number of ether oxygens (including phenoxy) is 2. The van der Waals surface area contributed by atoms with E-state index in [1.54, 1.807) is 41.1 Å². The monoisotopic (exact) mass is 484 g/mol. The Morgan fingerprint density at radius 1 is 1.03 bits per heavy atom. The molecule has 0 aliphatic heterocycles. The Morgan fingerprint density at radius 3 is 2.35 bits per heavy atom. The third kappa shape index (κ3) is 5.93. The van der Waals surface area contributed by atoms with Crippen LogP contribution in [-0.2, 0) is 14.3 Å². The molecule has 178 valence electrons. The van der Waals surface area contributed by atoms with Gasteiger partial charge in [-0.3, -0.25) is 9.59 Å². The summed E-state index contributed by atoms with van der Waals surface area (Å²) >= 11 is 6.18. The Hall–Kier alpha value is -3.85. The van der Waals surface area contributed by atoms with E-state index in [4.69, 9.17) is 21.1 Å². The maximum Gasteiger partial charge on any atom is 0.338 e. The molecule has 0 fully saturated rings. The molecule has 0 aliphatic rings. The number of aryl methyl sites for hydroxylation is 2. The molecule has 1 aromatic heterocycles. The van der Waals surface area contributed by atoms with Crippen molar-refractivity contribution in [1.82, 2.24) is 15.1 Å². The quantitative estimate of drug-likeness (QED) is 0.474. The molecule has 9 nitrogen and oxygen atoms in total. The number of halogens is 1. The fraction of sp³-hybridized carbons (Fsp3) is 0.250. The van der Waals surface area contributed by atoms with Crippen molar-refractivity contribution >= 4 is 35.1 Å². The zero-order valence-corrected chi connectivity index (χ0v) is 20.0. The van der Waals surface area contributed by atoms with Gasteiger partial charge in [0.05, 0.1) is 47.0 Å². The number of carbonyl (C=O) groups is 3. The van der Waals surface area contributed by atoms with E-state index in [1.807, 2.05) is 26.8 Å². The zero-order chi connectivity index (χ0) is 24.8. The smallest absolute Gasteiger partial charge is 0.338 e. The fourth-order valence-corrected chi connectivity index (χ4v) is 3.29. The van der Waals surface area contributed by atoms with Gasteiger partial charge in [-0.1, -0.05) is 17.7 Å². The van der Waals surface area contributed by atoms with Crippen molar-refractivity contribution in [1.29, 1.82) is 0 Å². The topological polar surface area (TPSA) is 112 Å². The molecule has 2 N–H and O–H groups in total. The second-order valence-electron chi connectivity index (χ2n) is 7.55. The van der Waals surface area contributed by atoms with Crippen LogP contribution < -0.4 is 15.4 Å². The van der Waals surface area contributed by atoms with Crippen molar-refractivity contribution in [2.24, 2.45) is 0 Å². The summed E-state index contributed by atoms with van der Waals surface area (Å²) in [7, 11) is 1.50. The number of rotatable bonds is 8. The number of carbonyl (C=O) groups excluding carboxylic acids is 3. The Morgan fingerprint density at radius 2 is 1.74 bits per heavy atom. The van der Waals surface area contributed by atoms with Gasteiger partial charge >= 0.3 is 5.97 Å². The second-order valence-corrected chi connectivity index (χ2v) is 7.93. The van der Waals surface area contributed by atoms with E-state index in [1.165, 1.54) is 7.11 Å². The molecule has 10 heteroatoms. The first kappa shape index (κ1) is 24.8. The lowest BCUT2D eigenvalue weighted by Crippen LogP contribution is -2.35. The van der Waals surface area contributed by atoms with Crippen LogP contribution in [0, 0.1) is 20.8 Å². The van der Waals surface area contributed by atoms with Crippen LogP contribution in [0.4, 0.5) is 5.69 Å². The van der Waals surface area contributed by atoms with Gasteiger partial charge in [0.2, 0.25) is 5.91 Å². The number of amides is 2. The first-order valence-electron chi connectivity index (χ1n) is 10.4. The van der Waals surface area contributed by atoms with Gasteiger partial charge in [-0.15, -0.1) is 0 Å². The molecule has 3 aromatic rings. The second kappa shape index (κ2) is 10.8. The average molecular weight is 485 g/mol. The van der Waals surface area contributed by atoms with Crippen molar-refractivity contribution in [3.63, 3.8) is 0 Å². The fourth-order valence-electron chi connectivity index (χ4n) is 3.17. The predicted molar refractivity (Wildman–Crippen MR) is 128 cm³/mol. The van der Waals surface area contributed by atoms with E-state index in [0.29, 0.717) is 22.2 Å². The lowest BCUT2D eigenvalue weighted by molar-refractivity contribution is -0.126. The molecule has 0 unspecified atom stereocenters. The van der Waals surface area contributed by atoms with Gasteiger partial charge < -0.3 is 20.1 Å². The van der Waals surface area contributed by atoms with Crippen molar-refractivity contribution in [3.05, 3.63) is 70.0 Å². The summed E-state index contributed by atoms with van der Waals surface area (Å²) < 4.78 is 11.9. The molecule has 34 heavy (non-hydrogen) atoms. The van der Waals surface area contributed by atoms with Crippen LogP contribution in [0.15, 0.2) is 42.5 Å². The minimum Gasteiger partial charge on any atom is -0.495 e. The molecule has 3 rings (SSSR count). The Balaban J connectivity index is 1.48. The summed E-state index contributed by atoms with van der Waals surface area (Å²) in [6, 6.07) is 11.9. The number of hydrogen-bond donors (Lipinski definition) is 2. The number of hydrogen-bond acceptors (Lipinski definition) is 6. The van der Waals surface area contributed by atoms with E-state index in [2.05, 4.69) is 15.7 Å². The maximum atomic E-state index is 12.3. The highest BCUT2D eigenvalue weighted by atomic mass is 35.5. The molecule has 2 aromatic carbocycles. The van der Waals surface area contributed by atoms with E-state index in [-0.39, 0.29) is 12.1 Å². The SMILES string of the molecule is COc1ccc(C)cc1NC(=O)CNC(=O)COC(=O)c1ccc(-n2nc(C)c(Cl)c2C)cc1. The van der Waals surface area contributed by atoms with Crippen LogP contribution >= 0.6 is 11.6 Å². The lowest BCUT2D eigenvalue weighted by Gasteiger charge is -2.11. The van der Waals surface area contributed by atoms with Gasteiger partial charge in [0, 0.05) is 0 Å². The number of aromatic nitrogens is 2. The number of nitrogens with one attached hydrogen (secondary N) is 2. The summed E-state index contributed by atoms with van der Waals surface area (Å²) in [5, 5.41) is 10.0. The Labute approximate surface area is 202 Å². The molecule has 2 amide bonds.